The zero-order valence-electron chi connectivity index (χ0n) is 13.6. The van der Waals surface area contributed by atoms with Crippen molar-refractivity contribution in [2.24, 2.45) is 5.41 Å². The van der Waals surface area contributed by atoms with E-state index in [4.69, 9.17) is 0 Å². The lowest BCUT2D eigenvalue weighted by atomic mass is 10.0. The molecule has 2 saturated carbocycles. The Balaban J connectivity index is 1.89. The summed E-state index contributed by atoms with van der Waals surface area (Å²) in [5.41, 5.74) is -0.727. The van der Waals surface area contributed by atoms with Crippen molar-refractivity contribution < 1.29 is 9.59 Å². The van der Waals surface area contributed by atoms with Crippen LogP contribution < -0.4 is 5.32 Å². The molecule has 0 aliphatic heterocycles. The molecule has 0 bridgehead atoms. The molecule has 0 spiro atoms. The van der Waals surface area contributed by atoms with E-state index in [1.54, 1.807) is 4.90 Å². The molecule has 0 atom stereocenters. The summed E-state index contributed by atoms with van der Waals surface area (Å²) in [7, 11) is 1.83. The molecule has 0 aromatic rings. The highest BCUT2D eigenvalue weighted by atomic mass is 16.2. The fourth-order valence-electron chi connectivity index (χ4n) is 3.27. The number of hydrogen-bond donors (Lipinski definition) is 1. The number of carbonyl (C=O) groups is 2. The van der Waals surface area contributed by atoms with Crippen molar-refractivity contribution in [3.05, 3.63) is 0 Å². The van der Waals surface area contributed by atoms with Gasteiger partial charge in [0.05, 0.1) is 0 Å². The van der Waals surface area contributed by atoms with E-state index in [0.29, 0.717) is 0 Å². The van der Waals surface area contributed by atoms with Crippen LogP contribution in [0.15, 0.2) is 0 Å². The number of nitrogens with zero attached hydrogens (tertiary/aromatic N) is 1. The summed E-state index contributed by atoms with van der Waals surface area (Å²) in [6, 6.07) is 0.284. The van der Waals surface area contributed by atoms with Crippen LogP contribution in [-0.2, 0) is 9.59 Å². The lowest BCUT2D eigenvalue weighted by Gasteiger charge is -2.25. The van der Waals surface area contributed by atoms with Crippen LogP contribution in [-0.4, -0.2) is 36.3 Å². The molecule has 2 aliphatic carbocycles. The van der Waals surface area contributed by atoms with Gasteiger partial charge in [0, 0.05) is 19.6 Å². The van der Waals surface area contributed by atoms with Crippen molar-refractivity contribution >= 4 is 11.8 Å². The van der Waals surface area contributed by atoms with E-state index in [-0.39, 0.29) is 17.9 Å². The van der Waals surface area contributed by atoms with Gasteiger partial charge in [-0.2, -0.15) is 0 Å². The Morgan fingerprint density at radius 1 is 1.14 bits per heavy atom. The molecule has 0 unspecified atom stereocenters. The number of carbonyl (C=O) groups excluding carboxylic acids is 2. The first-order chi connectivity index (χ1) is 10.1. The van der Waals surface area contributed by atoms with Crippen LogP contribution in [0.3, 0.4) is 0 Å². The summed E-state index contributed by atoms with van der Waals surface area (Å²) in [5.74, 6) is 0.0184. The Morgan fingerprint density at radius 3 is 2.29 bits per heavy atom. The Morgan fingerprint density at radius 2 is 1.76 bits per heavy atom. The van der Waals surface area contributed by atoms with Gasteiger partial charge in [-0.3, -0.25) is 9.59 Å². The zero-order valence-corrected chi connectivity index (χ0v) is 13.6. The monoisotopic (exact) mass is 294 g/mol. The first kappa shape index (κ1) is 16.3. The summed E-state index contributed by atoms with van der Waals surface area (Å²) in [6.45, 7) is 2.87. The average Bonchev–Trinajstić information content (AvgIpc) is 3.29. The van der Waals surface area contributed by atoms with Crippen LogP contribution in [0.25, 0.3) is 0 Å². The van der Waals surface area contributed by atoms with Gasteiger partial charge in [-0.15, -0.1) is 0 Å². The molecule has 4 nitrogen and oxygen atoms in total. The largest absolute Gasteiger partial charge is 0.352 e. The predicted molar refractivity (Wildman–Crippen MR) is 83.8 cm³/mol. The fourth-order valence-corrected chi connectivity index (χ4v) is 3.27. The van der Waals surface area contributed by atoms with Crippen molar-refractivity contribution in [3.63, 3.8) is 0 Å². The fraction of sp³-hybridized carbons (Fsp3) is 0.882. The molecule has 21 heavy (non-hydrogen) atoms. The molecule has 2 fully saturated rings. The Kier molecular flexibility index (Phi) is 5.65. The molecule has 0 aromatic heterocycles. The second-order valence-corrected chi connectivity index (χ2v) is 6.82. The van der Waals surface area contributed by atoms with Gasteiger partial charge in [0.15, 0.2) is 0 Å². The molecule has 0 aromatic carbocycles. The molecule has 2 rings (SSSR count). The van der Waals surface area contributed by atoms with Crippen LogP contribution in [0.5, 0.6) is 0 Å². The van der Waals surface area contributed by atoms with Crippen LogP contribution in [0.4, 0.5) is 0 Å². The molecule has 1 N–H and O–H groups in total. The minimum atomic E-state index is -0.727. The normalized spacial score (nSPS) is 21.4. The van der Waals surface area contributed by atoms with E-state index in [2.05, 4.69) is 12.2 Å². The quantitative estimate of drug-likeness (QED) is 0.605. The molecular weight excluding hydrogens is 264 g/mol. The van der Waals surface area contributed by atoms with Gasteiger partial charge in [0.2, 0.25) is 11.8 Å². The van der Waals surface area contributed by atoms with Crippen molar-refractivity contribution in [2.45, 2.75) is 77.2 Å². The van der Waals surface area contributed by atoms with Crippen molar-refractivity contribution in [3.8, 4) is 0 Å². The Hall–Kier alpha value is -1.06. The summed E-state index contributed by atoms with van der Waals surface area (Å²) in [6.07, 6.45) is 10.6. The van der Waals surface area contributed by atoms with Crippen molar-refractivity contribution in [1.29, 1.82) is 0 Å². The highest BCUT2D eigenvalue weighted by molar-refractivity contribution is 6.07. The smallest absolute Gasteiger partial charge is 0.238 e. The maximum atomic E-state index is 12.6. The first-order valence-electron chi connectivity index (χ1n) is 8.66. The summed E-state index contributed by atoms with van der Waals surface area (Å²) >= 11 is 0. The molecule has 2 amide bonds. The van der Waals surface area contributed by atoms with Gasteiger partial charge < -0.3 is 10.2 Å². The van der Waals surface area contributed by atoms with E-state index in [1.807, 2.05) is 7.05 Å². The second-order valence-electron chi connectivity index (χ2n) is 6.82. The third-order valence-electron chi connectivity index (χ3n) is 4.98. The molecule has 0 saturated heterocycles. The average molecular weight is 294 g/mol. The first-order valence-corrected chi connectivity index (χ1v) is 8.66. The summed E-state index contributed by atoms with van der Waals surface area (Å²) < 4.78 is 0. The summed E-state index contributed by atoms with van der Waals surface area (Å²) in [4.78, 5) is 26.9. The number of amides is 2. The molecule has 2 aliphatic rings. The van der Waals surface area contributed by atoms with E-state index >= 15 is 0 Å². The minimum Gasteiger partial charge on any atom is -0.352 e. The lowest BCUT2D eigenvalue weighted by Crippen LogP contribution is -2.47. The molecule has 0 radical (unpaired) electrons. The zero-order chi connectivity index (χ0) is 15.3. The van der Waals surface area contributed by atoms with Gasteiger partial charge >= 0.3 is 0 Å². The topological polar surface area (TPSA) is 49.4 Å². The second kappa shape index (κ2) is 7.28. The number of rotatable bonds is 6. The van der Waals surface area contributed by atoms with Gasteiger partial charge in [0.25, 0.3) is 0 Å². The Labute approximate surface area is 128 Å². The van der Waals surface area contributed by atoms with E-state index < -0.39 is 5.41 Å². The number of hydrogen-bond acceptors (Lipinski definition) is 2. The lowest BCUT2D eigenvalue weighted by molar-refractivity contribution is -0.143. The standard InChI is InChI=1S/C17H30N2O2/c1-3-4-13-19(2)16(21)17(11-12-17)15(20)18-14-9-7-5-6-8-10-14/h14H,3-13H2,1-2H3,(H,18,20). The van der Waals surface area contributed by atoms with Gasteiger partial charge in [0.1, 0.15) is 5.41 Å². The number of nitrogens with one attached hydrogen (secondary N) is 1. The highest BCUT2D eigenvalue weighted by Gasteiger charge is 2.57. The van der Waals surface area contributed by atoms with Crippen LogP contribution in [0.1, 0.15) is 71.1 Å². The molecule has 120 valence electrons. The maximum Gasteiger partial charge on any atom is 0.238 e. The Bertz CT molecular complexity index is 369. The van der Waals surface area contributed by atoms with Gasteiger partial charge in [-0.25, -0.2) is 0 Å². The van der Waals surface area contributed by atoms with E-state index in [9.17, 15) is 9.59 Å². The van der Waals surface area contributed by atoms with E-state index in [0.717, 1.165) is 45.1 Å². The molecular formula is C17H30N2O2. The van der Waals surface area contributed by atoms with Crippen molar-refractivity contribution in [2.75, 3.05) is 13.6 Å². The van der Waals surface area contributed by atoms with Gasteiger partial charge in [-0.05, 0) is 32.1 Å². The predicted octanol–water partition coefficient (Wildman–Crippen LogP) is 2.86. The minimum absolute atomic E-state index is 0.0113. The maximum absolute atomic E-state index is 12.6. The summed E-state index contributed by atoms with van der Waals surface area (Å²) in [5, 5.41) is 3.17. The third kappa shape index (κ3) is 3.98. The van der Waals surface area contributed by atoms with E-state index in [1.165, 1.54) is 25.7 Å². The molecule has 0 heterocycles. The van der Waals surface area contributed by atoms with Crippen LogP contribution in [0.2, 0.25) is 0 Å². The van der Waals surface area contributed by atoms with Crippen LogP contribution in [0, 0.1) is 5.41 Å². The van der Waals surface area contributed by atoms with Crippen molar-refractivity contribution in [1.82, 2.24) is 10.2 Å². The third-order valence-corrected chi connectivity index (χ3v) is 4.98. The van der Waals surface area contributed by atoms with Crippen LogP contribution >= 0.6 is 0 Å². The van der Waals surface area contributed by atoms with Gasteiger partial charge in [-0.1, -0.05) is 39.0 Å². The highest BCUT2D eigenvalue weighted by Crippen LogP contribution is 2.47. The molecule has 4 heteroatoms. The number of unbranched alkanes of at least 4 members (excludes halogenated alkanes) is 1. The SMILES string of the molecule is CCCCN(C)C(=O)C1(C(=O)NC2CCCCCC2)CC1.